The molecule has 0 bridgehead atoms. The van der Waals surface area contributed by atoms with E-state index in [1.807, 2.05) is 6.08 Å². The zero-order chi connectivity index (χ0) is 63.1. The lowest BCUT2D eigenvalue weighted by molar-refractivity contribution is -0.305. The highest BCUT2D eigenvalue weighted by atomic mass is 16.7. The first-order valence-corrected chi connectivity index (χ1v) is 36.0. The van der Waals surface area contributed by atoms with Crippen LogP contribution >= 0.6 is 0 Å². The highest BCUT2D eigenvalue weighted by molar-refractivity contribution is 5.80. The van der Waals surface area contributed by atoms with Crippen molar-refractivity contribution in [3.05, 3.63) is 97.2 Å². The number of amides is 1. The second-order valence-electron chi connectivity index (χ2n) is 24.6. The van der Waals surface area contributed by atoms with Crippen LogP contribution in [0.5, 0.6) is 0 Å². The zero-order valence-electron chi connectivity index (χ0n) is 55.9. The number of hydrogen-bond donors (Lipinski definition) is 6. The zero-order valence-corrected chi connectivity index (χ0v) is 55.9. The van der Waals surface area contributed by atoms with E-state index in [1.54, 1.807) is 6.08 Å². The molecule has 502 valence electrons. The van der Waals surface area contributed by atoms with Crippen LogP contribution in [0.3, 0.4) is 0 Å². The van der Waals surface area contributed by atoms with Gasteiger partial charge in [-0.3, -0.25) is 9.59 Å². The molecular formula is C76H133NO10. The molecule has 0 radical (unpaired) electrons. The molecule has 1 rings (SSSR count). The summed E-state index contributed by atoms with van der Waals surface area (Å²) < 4.78 is 17.7. The fourth-order valence-electron chi connectivity index (χ4n) is 10.8. The van der Waals surface area contributed by atoms with Gasteiger partial charge in [0.1, 0.15) is 24.4 Å². The average Bonchev–Trinajstić information content (AvgIpc) is 2.93. The summed E-state index contributed by atoms with van der Waals surface area (Å²) in [5, 5.41) is 57.2. The molecule has 0 aliphatic carbocycles. The summed E-state index contributed by atoms with van der Waals surface area (Å²) in [6.45, 7) is 5.74. The van der Waals surface area contributed by atoms with Gasteiger partial charge in [0.2, 0.25) is 5.91 Å². The second-order valence-corrected chi connectivity index (χ2v) is 24.6. The van der Waals surface area contributed by atoms with Gasteiger partial charge in [-0.15, -0.1) is 0 Å². The number of hydrogen-bond acceptors (Lipinski definition) is 10. The number of ether oxygens (including phenoxy) is 3. The van der Waals surface area contributed by atoms with Crippen molar-refractivity contribution in [2.24, 2.45) is 0 Å². The van der Waals surface area contributed by atoms with E-state index in [0.717, 1.165) is 122 Å². The topological polar surface area (TPSA) is 175 Å². The van der Waals surface area contributed by atoms with Crippen LogP contribution in [0.1, 0.15) is 310 Å². The Morgan fingerprint density at radius 2 is 0.793 bits per heavy atom. The first-order valence-electron chi connectivity index (χ1n) is 36.0. The maximum absolute atomic E-state index is 13.5. The van der Waals surface area contributed by atoms with Gasteiger partial charge >= 0.3 is 5.97 Å². The molecule has 0 aromatic heterocycles. The molecule has 1 saturated heterocycles. The Morgan fingerprint density at radius 3 is 1.21 bits per heavy atom. The van der Waals surface area contributed by atoms with Crippen molar-refractivity contribution in [2.75, 3.05) is 13.2 Å². The van der Waals surface area contributed by atoms with Gasteiger partial charge in [0.05, 0.1) is 25.4 Å². The van der Waals surface area contributed by atoms with Crippen molar-refractivity contribution in [3.63, 3.8) is 0 Å². The van der Waals surface area contributed by atoms with Crippen LogP contribution in [0, 0.1) is 0 Å². The molecule has 11 nitrogen and oxygen atoms in total. The van der Waals surface area contributed by atoms with E-state index in [2.05, 4.69) is 111 Å². The maximum atomic E-state index is 13.5. The lowest BCUT2D eigenvalue weighted by Gasteiger charge is -2.41. The summed E-state index contributed by atoms with van der Waals surface area (Å²) in [5.41, 5.74) is 0. The molecule has 6 N–H and O–H groups in total. The smallest absolute Gasteiger partial charge is 0.306 e. The van der Waals surface area contributed by atoms with Crippen LogP contribution in [0.25, 0.3) is 0 Å². The summed E-state index contributed by atoms with van der Waals surface area (Å²) in [6, 6.07) is -1.03. The third kappa shape index (κ3) is 50.0. The quantitative estimate of drug-likeness (QED) is 0.0195. The molecular weight excluding hydrogens is 1090 g/mol. The van der Waals surface area contributed by atoms with Crippen LogP contribution in [-0.2, 0) is 23.8 Å². The summed E-state index contributed by atoms with van der Waals surface area (Å²) in [6.07, 6.45) is 74.4. The monoisotopic (exact) mass is 1220 g/mol. The minimum atomic E-state index is -1.62. The van der Waals surface area contributed by atoms with Crippen molar-refractivity contribution in [1.29, 1.82) is 0 Å². The Labute approximate surface area is 533 Å². The fraction of sp³-hybridized carbons (Fsp3) is 0.763. The first-order chi connectivity index (χ1) is 42.7. The Bertz CT molecular complexity index is 1790. The molecule has 0 aromatic rings. The Kier molecular flexibility index (Phi) is 58.9. The van der Waals surface area contributed by atoms with Crippen molar-refractivity contribution < 1.29 is 49.3 Å². The van der Waals surface area contributed by atoms with E-state index < -0.39 is 67.4 Å². The van der Waals surface area contributed by atoms with Gasteiger partial charge in [-0.05, 0) is 109 Å². The molecule has 1 amide bonds. The van der Waals surface area contributed by atoms with E-state index in [-0.39, 0.29) is 19.4 Å². The number of aliphatic hydroxyl groups excluding tert-OH is 5. The van der Waals surface area contributed by atoms with E-state index in [1.165, 1.54) is 141 Å². The largest absolute Gasteiger partial charge is 0.454 e. The number of allylic oxidation sites excluding steroid dienone is 15. The van der Waals surface area contributed by atoms with Gasteiger partial charge < -0.3 is 45.1 Å². The van der Waals surface area contributed by atoms with Gasteiger partial charge in [0.25, 0.3) is 0 Å². The summed E-state index contributed by atoms with van der Waals surface area (Å²) in [4.78, 5) is 26.7. The molecule has 0 spiro atoms. The fourth-order valence-corrected chi connectivity index (χ4v) is 10.8. The van der Waals surface area contributed by atoms with Crippen LogP contribution < -0.4 is 5.32 Å². The van der Waals surface area contributed by atoms with Gasteiger partial charge in [-0.1, -0.05) is 291 Å². The third-order valence-corrected chi connectivity index (χ3v) is 16.5. The lowest BCUT2D eigenvalue weighted by Crippen LogP contribution is -2.61. The molecule has 1 aliphatic heterocycles. The number of carbonyl (C=O) groups excluding carboxylic acids is 2. The van der Waals surface area contributed by atoms with Crippen LogP contribution in [0.2, 0.25) is 0 Å². The van der Waals surface area contributed by atoms with Crippen molar-refractivity contribution in [1.82, 2.24) is 5.32 Å². The number of unbranched alkanes of at least 4 members (excludes halogenated alkanes) is 33. The standard InChI is InChI=1S/C76H133NO10/c1-4-7-10-13-16-19-22-24-26-28-30-32-34-36-37-39-41-43-45-48-51-54-57-60-63-69(80)75(84)77-67(68(79)62-59-56-53-50-47-21-18-15-12-9-6-3)66-85-76-74(73(83)72(82)70(65-78)86-76)87-71(81)64-61-58-55-52-49-46-44-42-40-38-35-33-31-29-27-25-23-20-17-14-11-8-5-2/h16-17,19-20,24-27,30-33,38,40,59,62,67-70,72-74,76,78-80,82-83H,4-15,18,21-23,28-29,34-37,39,41-58,60-61,63-66H2,1-3H3,(H,77,84)/b19-16-,20-17-,26-24-,27-25-,32-30-,33-31-,40-38-,62-59+. The van der Waals surface area contributed by atoms with Crippen molar-refractivity contribution in [2.45, 2.75) is 359 Å². The molecule has 8 atom stereocenters. The second kappa shape index (κ2) is 62.8. The normalized spacial score (nSPS) is 18.8. The number of rotatable bonds is 61. The van der Waals surface area contributed by atoms with E-state index >= 15 is 0 Å². The number of carbonyl (C=O) groups is 2. The molecule has 1 fully saturated rings. The minimum absolute atomic E-state index is 0.108. The molecule has 11 heteroatoms. The molecule has 0 saturated carbocycles. The highest BCUT2D eigenvalue weighted by Gasteiger charge is 2.47. The minimum Gasteiger partial charge on any atom is -0.454 e. The summed E-state index contributed by atoms with van der Waals surface area (Å²) in [7, 11) is 0. The molecule has 8 unspecified atom stereocenters. The summed E-state index contributed by atoms with van der Waals surface area (Å²) in [5.74, 6) is -1.21. The first kappa shape index (κ1) is 81.6. The van der Waals surface area contributed by atoms with E-state index in [9.17, 15) is 35.1 Å². The number of nitrogens with one attached hydrogen (secondary N) is 1. The van der Waals surface area contributed by atoms with E-state index in [4.69, 9.17) is 14.2 Å². The van der Waals surface area contributed by atoms with Crippen LogP contribution in [0.4, 0.5) is 0 Å². The molecule has 1 aliphatic rings. The van der Waals surface area contributed by atoms with Gasteiger partial charge in [-0.2, -0.15) is 0 Å². The van der Waals surface area contributed by atoms with Gasteiger partial charge in [-0.25, -0.2) is 0 Å². The Morgan fingerprint density at radius 1 is 0.448 bits per heavy atom. The molecule has 1 heterocycles. The molecule has 0 aromatic carbocycles. The lowest BCUT2D eigenvalue weighted by atomic mass is 9.99. The predicted molar refractivity (Wildman–Crippen MR) is 365 cm³/mol. The maximum Gasteiger partial charge on any atom is 0.306 e. The van der Waals surface area contributed by atoms with Crippen LogP contribution in [-0.4, -0.2) is 99.6 Å². The van der Waals surface area contributed by atoms with Gasteiger partial charge in [0.15, 0.2) is 12.4 Å². The Hall–Kier alpha value is -3.42. The average molecular weight is 1220 g/mol. The van der Waals surface area contributed by atoms with Crippen molar-refractivity contribution in [3.8, 4) is 0 Å². The van der Waals surface area contributed by atoms with Crippen LogP contribution in [0.15, 0.2) is 97.2 Å². The highest BCUT2D eigenvalue weighted by Crippen LogP contribution is 2.26. The number of aliphatic hydroxyl groups is 5. The Balaban J connectivity index is 2.57. The van der Waals surface area contributed by atoms with Gasteiger partial charge in [0, 0.05) is 6.42 Å². The van der Waals surface area contributed by atoms with Crippen molar-refractivity contribution >= 4 is 11.9 Å². The SMILES string of the molecule is CCCCC/C=C\C/C=C\C/C=C\C/C=C\CCCCCCCCCC(=O)OC1C(OCC(NC(=O)C(O)CCCCCCCCCCCCC/C=C\C/C=C\C/C=C\CCCCC)C(O)/C=C/CCCCCCCCCCC)OC(CO)C(O)C1O. The molecule has 87 heavy (non-hydrogen) atoms. The summed E-state index contributed by atoms with van der Waals surface area (Å²) >= 11 is 0. The third-order valence-electron chi connectivity index (χ3n) is 16.5. The predicted octanol–water partition coefficient (Wildman–Crippen LogP) is 18.6. The number of esters is 1. The van der Waals surface area contributed by atoms with E-state index in [0.29, 0.717) is 12.8 Å².